The van der Waals surface area contributed by atoms with Crippen molar-refractivity contribution in [3.63, 3.8) is 0 Å². The molecule has 0 unspecified atom stereocenters. The van der Waals surface area contributed by atoms with E-state index < -0.39 is 15.8 Å². The van der Waals surface area contributed by atoms with Crippen LogP contribution in [0.4, 0.5) is 10.1 Å². The van der Waals surface area contributed by atoms with Gasteiger partial charge >= 0.3 is 0 Å². The average molecular weight is 288 g/mol. The summed E-state index contributed by atoms with van der Waals surface area (Å²) >= 11 is 0. The molecule has 0 aliphatic rings. The molecule has 0 spiro atoms. The smallest absolute Gasteiger partial charge is 0.232 e. The number of amides is 1. The van der Waals surface area contributed by atoms with E-state index in [1.807, 2.05) is 0 Å². The van der Waals surface area contributed by atoms with Gasteiger partial charge in [-0.1, -0.05) is 19.1 Å². The molecule has 0 radical (unpaired) electrons. The van der Waals surface area contributed by atoms with Crippen molar-refractivity contribution in [3.05, 3.63) is 30.1 Å². The van der Waals surface area contributed by atoms with E-state index in [9.17, 15) is 17.6 Å². The van der Waals surface area contributed by atoms with Crippen molar-refractivity contribution in [2.24, 2.45) is 0 Å². The van der Waals surface area contributed by atoms with E-state index in [0.717, 1.165) is 10.6 Å². The zero-order chi connectivity index (χ0) is 14.5. The number of hydrogen-bond donors (Lipinski definition) is 1. The minimum atomic E-state index is -3.60. The monoisotopic (exact) mass is 288 g/mol. The summed E-state index contributed by atoms with van der Waals surface area (Å²) in [5, 5.41) is 2.56. The summed E-state index contributed by atoms with van der Waals surface area (Å²) in [6.45, 7) is 1.82. The number of rotatable bonds is 6. The number of benzene rings is 1. The molecule has 1 aromatic rings. The Morgan fingerprint density at radius 1 is 1.37 bits per heavy atom. The number of nitrogens with one attached hydrogen (secondary N) is 1. The van der Waals surface area contributed by atoms with Crippen molar-refractivity contribution in [3.8, 4) is 0 Å². The average Bonchev–Trinajstić information content (AvgIpc) is 2.34. The fourth-order valence-electron chi connectivity index (χ4n) is 1.54. The molecule has 0 aromatic heterocycles. The van der Waals surface area contributed by atoms with Crippen molar-refractivity contribution in [2.75, 3.05) is 23.7 Å². The third-order valence-electron chi connectivity index (χ3n) is 2.48. The van der Waals surface area contributed by atoms with Crippen LogP contribution < -0.4 is 9.62 Å². The first kappa shape index (κ1) is 15.4. The van der Waals surface area contributed by atoms with Crippen LogP contribution in [0.1, 0.15) is 13.3 Å². The Hall–Kier alpha value is -1.63. The number of para-hydroxylation sites is 1. The van der Waals surface area contributed by atoms with Gasteiger partial charge in [0.25, 0.3) is 0 Å². The molecule has 0 aliphatic heterocycles. The van der Waals surface area contributed by atoms with E-state index in [2.05, 4.69) is 5.32 Å². The number of carbonyl (C=O) groups excluding carboxylic acids is 1. The molecule has 0 saturated carbocycles. The van der Waals surface area contributed by atoms with Crippen molar-refractivity contribution in [2.45, 2.75) is 13.3 Å². The molecule has 0 aliphatic carbocycles. The van der Waals surface area contributed by atoms with Crippen LogP contribution in [0, 0.1) is 5.82 Å². The lowest BCUT2D eigenvalue weighted by molar-refractivity contribution is -0.120. The first-order valence-electron chi connectivity index (χ1n) is 5.85. The summed E-state index contributed by atoms with van der Waals surface area (Å²) in [4.78, 5) is 11.1. The van der Waals surface area contributed by atoms with Gasteiger partial charge in [-0.2, -0.15) is 0 Å². The van der Waals surface area contributed by atoms with Crippen molar-refractivity contribution in [1.82, 2.24) is 5.32 Å². The number of halogens is 1. The SMILES string of the molecule is CCC(=O)NCCN(c1ccccc1F)S(C)(=O)=O. The molecule has 106 valence electrons. The van der Waals surface area contributed by atoms with Crippen LogP contribution in [0.5, 0.6) is 0 Å². The molecule has 0 bridgehead atoms. The largest absolute Gasteiger partial charge is 0.354 e. The molecule has 0 saturated heterocycles. The Morgan fingerprint density at radius 3 is 2.53 bits per heavy atom. The second-order valence-corrected chi connectivity index (χ2v) is 5.90. The molecule has 0 atom stereocenters. The summed E-state index contributed by atoms with van der Waals surface area (Å²) in [6, 6.07) is 5.62. The summed E-state index contributed by atoms with van der Waals surface area (Å²) in [5.74, 6) is -0.795. The van der Waals surface area contributed by atoms with Gasteiger partial charge in [-0.25, -0.2) is 12.8 Å². The van der Waals surface area contributed by atoms with Gasteiger partial charge in [-0.15, -0.1) is 0 Å². The molecular formula is C12H17FN2O3S. The molecule has 19 heavy (non-hydrogen) atoms. The standard InChI is InChI=1S/C12H17FN2O3S/c1-3-12(16)14-8-9-15(19(2,17)18)11-7-5-4-6-10(11)13/h4-7H,3,8-9H2,1-2H3,(H,14,16). The van der Waals surface area contributed by atoms with E-state index in [-0.39, 0.29) is 24.7 Å². The maximum absolute atomic E-state index is 13.6. The first-order valence-corrected chi connectivity index (χ1v) is 7.70. The number of anilines is 1. The van der Waals surface area contributed by atoms with E-state index in [4.69, 9.17) is 0 Å². The molecule has 1 amide bonds. The first-order chi connectivity index (χ1) is 8.86. The van der Waals surface area contributed by atoms with Crippen LogP contribution in [0.25, 0.3) is 0 Å². The van der Waals surface area contributed by atoms with Crippen molar-refractivity contribution in [1.29, 1.82) is 0 Å². The van der Waals surface area contributed by atoms with E-state index in [0.29, 0.717) is 6.42 Å². The van der Waals surface area contributed by atoms with Gasteiger partial charge in [-0.3, -0.25) is 9.10 Å². The van der Waals surface area contributed by atoms with E-state index in [1.54, 1.807) is 13.0 Å². The highest BCUT2D eigenvalue weighted by Crippen LogP contribution is 2.20. The molecule has 5 nitrogen and oxygen atoms in total. The van der Waals surface area contributed by atoms with Crippen LogP contribution in [0.3, 0.4) is 0 Å². The highest BCUT2D eigenvalue weighted by Gasteiger charge is 2.20. The van der Waals surface area contributed by atoms with Gasteiger partial charge in [0.1, 0.15) is 5.82 Å². The number of carbonyl (C=O) groups is 1. The van der Waals surface area contributed by atoms with Crippen LogP contribution in [0.15, 0.2) is 24.3 Å². The normalized spacial score (nSPS) is 11.1. The van der Waals surface area contributed by atoms with E-state index >= 15 is 0 Å². The maximum Gasteiger partial charge on any atom is 0.232 e. The Morgan fingerprint density at radius 2 is 2.00 bits per heavy atom. The molecule has 0 fully saturated rings. The highest BCUT2D eigenvalue weighted by molar-refractivity contribution is 7.92. The van der Waals surface area contributed by atoms with Gasteiger partial charge < -0.3 is 5.32 Å². The predicted molar refractivity (Wildman–Crippen MR) is 71.9 cm³/mol. The minimum absolute atomic E-state index is 0.00843. The lowest BCUT2D eigenvalue weighted by Crippen LogP contribution is -2.38. The second kappa shape index (κ2) is 6.51. The maximum atomic E-state index is 13.6. The number of hydrogen-bond acceptors (Lipinski definition) is 3. The topological polar surface area (TPSA) is 66.5 Å². The molecular weight excluding hydrogens is 271 g/mol. The minimum Gasteiger partial charge on any atom is -0.354 e. The summed E-state index contributed by atoms with van der Waals surface area (Å²) in [5.41, 5.74) is -0.0178. The quantitative estimate of drug-likeness (QED) is 0.853. The summed E-state index contributed by atoms with van der Waals surface area (Å²) in [6.07, 6.45) is 1.32. The lowest BCUT2D eigenvalue weighted by Gasteiger charge is -2.22. The fourth-order valence-corrected chi connectivity index (χ4v) is 2.47. The van der Waals surface area contributed by atoms with E-state index in [1.165, 1.54) is 18.2 Å². The summed E-state index contributed by atoms with van der Waals surface area (Å²) in [7, 11) is -3.60. The molecule has 1 rings (SSSR count). The third-order valence-corrected chi connectivity index (χ3v) is 3.66. The zero-order valence-electron chi connectivity index (χ0n) is 10.9. The second-order valence-electron chi connectivity index (χ2n) is 3.99. The molecule has 0 heterocycles. The van der Waals surface area contributed by atoms with Crippen LogP contribution in [0.2, 0.25) is 0 Å². The third kappa shape index (κ3) is 4.51. The Labute approximate surface area is 112 Å². The van der Waals surface area contributed by atoms with Crippen molar-refractivity contribution < 1.29 is 17.6 Å². The Kier molecular flexibility index (Phi) is 5.29. The van der Waals surface area contributed by atoms with Crippen LogP contribution in [-0.2, 0) is 14.8 Å². The highest BCUT2D eigenvalue weighted by atomic mass is 32.2. The predicted octanol–water partition coefficient (Wildman–Crippen LogP) is 1.12. The van der Waals surface area contributed by atoms with Gasteiger partial charge in [0.15, 0.2) is 0 Å². The van der Waals surface area contributed by atoms with Crippen molar-refractivity contribution >= 4 is 21.6 Å². The molecule has 1 aromatic carbocycles. The lowest BCUT2D eigenvalue weighted by atomic mass is 10.3. The Balaban J connectivity index is 2.86. The van der Waals surface area contributed by atoms with Gasteiger partial charge in [0, 0.05) is 13.0 Å². The van der Waals surface area contributed by atoms with Crippen LogP contribution >= 0.6 is 0 Å². The Bertz CT molecular complexity index is 546. The van der Waals surface area contributed by atoms with Crippen LogP contribution in [-0.4, -0.2) is 33.7 Å². The van der Waals surface area contributed by atoms with Gasteiger partial charge in [0.05, 0.1) is 18.5 Å². The van der Waals surface area contributed by atoms with Gasteiger partial charge in [-0.05, 0) is 12.1 Å². The van der Waals surface area contributed by atoms with Gasteiger partial charge in [0.2, 0.25) is 15.9 Å². The number of sulfonamides is 1. The molecule has 7 heteroatoms. The fraction of sp³-hybridized carbons (Fsp3) is 0.417. The zero-order valence-corrected chi connectivity index (χ0v) is 11.7. The summed E-state index contributed by atoms with van der Waals surface area (Å²) < 4.78 is 37.9. The molecule has 1 N–H and O–H groups in total. The number of nitrogens with zero attached hydrogens (tertiary/aromatic N) is 1.